The van der Waals surface area contributed by atoms with Crippen LogP contribution in [0.4, 0.5) is 0 Å². The monoisotopic (exact) mass is 206 g/mol. The Labute approximate surface area is 90.5 Å². The molecule has 15 heavy (non-hydrogen) atoms. The first-order valence-electron chi connectivity index (χ1n) is 5.75. The Kier molecular flexibility index (Phi) is 2.89. The first-order valence-corrected chi connectivity index (χ1v) is 5.75. The summed E-state index contributed by atoms with van der Waals surface area (Å²) in [7, 11) is 0. The van der Waals surface area contributed by atoms with Crippen LogP contribution in [0.2, 0.25) is 0 Å². The summed E-state index contributed by atoms with van der Waals surface area (Å²) in [6.07, 6.45) is 8.26. The van der Waals surface area contributed by atoms with Crippen LogP contribution in [0.25, 0.3) is 0 Å². The van der Waals surface area contributed by atoms with Crippen LogP contribution in [0, 0.1) is 6.92 Å². The molecule has 0 saturated heterocycles. The van der Waals surface area contributed by atoms with E-state index in [2.05, 4.69) is 5.10 Å². The van der Waals surface area contributed by atoms with Crippen LogP contribution in [0.15, 0.2) is 6.20 Å². The van der Waals surface area contributed by atoms with Gasteiger partial charge in [0.25, 0.3) is 0 Å². The van der Waals surface area contributed by atoms with Crippen LogP contribution in [-0.4, -0.2) is 15.6 Å². The van der Waals surface area contributed by atoms with Crippen molar-refractivity contribution in [3.63, 3.8) is 0 Å². The van der Waals surface area contributed by atoms with Crippen LogP contribution in [0.5, 0.6) is 0 Å². The minimum Gasteiger partial charge on any atom is -0.294 e. The maximum absolute atomic E-state index is 11.3. The molecule has 0 spiro atoms. The van der Waals surface area contributed by atoms with Gasteiger partial charge in [0.15, 0.2) is 5.78 Å². The van der Waals surface area contributed by atoms with Crippen LogP contribution < -0.4 is 0 Å². The van der Waals surface area contributed by atoms with Crippen molar-refractivity contribution in [1.29, 1.82) is 0 Å². The predicted octanol–water partition coefficient (Wildman–Crippen LogP) is 2.90. The second-order valence-electron chi connectivity index (χ2n) is 4.46. The number of aromatic nitrogens is 2. The number of aryl methyl sites for hydroxylation is 1. The highest BCUT2D eigenvalue weighted by Crippen LogP contribution is 2.28. The highest BCUT2D eigenvalue weighted by Gasteiger charge is 2.18. The third kappa shape index (κ3) is 2.11. The van der Waals surface area contributed by atoms with E-state index >= 15 is 0 Å². The number of carbonyl (C=O) groups excluding carboxylic acids is 1. The molecule has 0 bridgehead atoms. The van der Waals surface area contributed by atoms with Crippen molar-refractivity contribution in [3.8, 4) is 0 Å². The van der Waals surface area contributed by atoms with Gasteiger partial charge in [-0.25, -0.2) is 0 Å². The molecule has 1 aromatic rings. The molecular formula is C12H18N2O. The van der Waals surface area contributed by atoms with Crippen molar-refractivity contribution in [2.45, 2.75) is 52.0 Å². The molecule has 3 nitrogen and oxygen atoms in total. The molecule has 1 aromatic heterocycles. The molecule has 1 heterocycles. The second kappa shape index (κ2) is 4.17. The molecule has 1 aliphatic rings. The van der Waals surface area contributed by atoms with Gasteiger partial charge in [-0.3, -0.25) is 9.48 Å². The van der Waals surface area contributed by atoms with Crippen molar-refractivity contribution < 1.29 is 4.79 Å². The Morgan fingerprint density at radius 3 is 2.60 bits per heavy atom. The third-order valence-corrected chi connectivity index (χ3v) is 3.24. The van der Waals surface area contributed by atoms with Gasteiger partial charge in [0, 0.05) is 6.20 Å². The lowest BCUT2D eigenvalue weighted by atomic mass is 9.96. The summed E-state index contributed by atoms with van der Waals surface area (Å²) in [4.78, 5) is 11.3. The van der Waals surface area contributed by atoms with Crippen molar-refractivity contribution in [2.75, 3.05) is 0 Å². The number of Topliss-reactive ketones (excluding diaryl/α,β-unsaturated/α-hetero) is 1. The van der Waals surface area contributed by atoms with E-state index in [0.717, 1.165) is 11.3 Å². The molecule has 1 fully saturated rings. The molecule has 2 rings (SSSR count). The second-order valence-corrected chi connectivity index (χ2v) is 4.46. The molecule has 0 aliphatic heterocycles. The fraction of sp³-hybridized carbons (Fsp3) is 0.667. The summed E-state index contributed by atoms with van der Waals surface area (Å²) in [5.74, 6) is 0.120. The van der Waals surface area contributed by atoms with Crippen LogP contribution in [0.1, 0.15) is 61.1 Å². The maximum Gasteiger partial charge on any atom is 0.163 e. The molecule has 1 aliphatic carbocycles. The van der Waals surface area contributed by atoms with Gasteiger partial charge in [0.2, 0.25) is 0 Å². The lowest BCUT2D eigenvalue weighted by Crippen LogP contribution is -2.13. The first-order chi connectivity index (χ1) is 7.18. The van der Waals surface area contributed by atoms with E-state index in [1.165, 1.54) is 32.1 Å². The van der Waals surface area contributed by atoms with E-state index in [-0.39, 0.29) is 5.78 Å². The Morgan fingerprint density at radius 2 is 2.07 bits per heavy atom. The Hall–Kier alpha value is -1.12. The molecule has 82 valence electrons. The third-order valence-electron chi connectivity index (χ3n) is 3.24. The minimum atomic E-state index is 0.120. The first kappa shape index (κ1) is 10.4. The van der Waals surface area contributed by atoms with Crippen LogP contribution in [-0.2, 0) is 0 Å². The fourth-order valence-electron chi connectivity index (χ4n) is 2.36. The van der Waals surface area contributed by atoms with Crippen molar-refractivity contribution in [3.05, 3.63) is 17.5 Å². The normalized spacial score (nSPS) is 18.0. The summed E-state index contributed by atoms with van der Waals surface area (Å²) in [6.45, 7) is 3.52. The molecule has 0 aromatic carbocycles. The van der Waals surface area contributed by atoms with E-state index in [1.807, 2.05) is 17.8 Å². The number of nitrogens with zero attached hydrogens (tertiary/aromatic N) is 2. The van der Waals surface area contributed by atoms with Crippen LogP contribution in [0.3, 0.4) is 0 Å². The fourth-order valence-corrected chi connectivity index (χ4v) is 2.36. The van der Waals surface area contributed by atoms with Gasteiger partial charge in [0.1, 0.15) is 0 Å². The number of hydrogen-bond acceptors (Lipinski definition) is 2. The molecule has 1 saturated carbocycles. The Morgan fingerprint density at radius 1 is 1.40 bits per heavy atom. The summed E-state index contributed by atoms with van der Waals surface area (Å²) in [6, 6.07) is 0.519. The van der Waals surface area contributed by atoms with Gasteiger partial charge in [-0.2, -0.15) is 5.10 Å². The highest BCUT2D eigenvalue weighted by atomic mass is 16.1. The number of carbonyl (C=O) groups is 1. The van der Waals surface area contributed by atoms with E-state index in [1.54, 1.807) is 6.92 Å². The van der Waals surface area contributed by atoms with Gasteiger partial charge in [-0.1, -0.05) is 19.3 Å². The van der Waals surface area contributed by atoms with Crippen molar-refractivity contribution in [1.82, 2.24) is 9.78 Å². The number of rotatable bonds is 2. The van der Waals surface area contributed by atoms with Crippen molar-refractivity contribution >= 4 is 5.78 Å². The van der Waals surface area contributed by atoms with Gasteiger partial charge < -0.3 is 0 Å². The molecule has 0 unspecified atom stereocenters. The summed E-state index contributed by atoms with van der Waals surface area (Å²) < 4.78 is 2.01. The van der Waals surface area contributed by atoms with Crippen molar-refractivity contribution in [2.24, 2.45) is 0 Å². The topological polar surface area (TPSA) is 34.9 Å². The molecule has 0 amide bonds. The SMILES string of the molecule is CC(=O)c1cn(C2CCCCC2)nc1C. The largest absolute Gasteiger partial charge is 0.294 e. The van der Waals surface area contributed by atoms with E-state index in [0.29, 0.717) is 6.04 Å². The molecular weight excluding hydrogens is 188 g/mol. The zero-order valence-electron chi connectivity index (χ0n) is 9.49. The zero-order valence-corrected chi connectivity index (χ0v) is 9.49. The molecule has 0 N–H and O–H groups in total. The average Bonchev–Trinajstić information content (AvgIpc) is 2.62. The van der Waals surface area contributed by atoms with Crippen LogP contribution >= 0.6 is 0 Å². The van der Waals surface area contributed by atoms with Gasteiger partial charge in [-0.05, 0) is 26.7 Å². The summed E-state index contributed by atoms with van der Waals surface area (Å²) in [5, 5.41) is 4.45. The number of hydrogen-bond donors (Lipinski definition) is 0. The minimum absolute atomic E-state index is 0.120. The quantitative estimate of drug-likeness (QED) is 0.697. The highest BCUT2D eigenvalue weighted by molar-refractivity contribution is 5.94. The van der Waals surface area contributed by atoms with E-state index in [9.17, 15) is 4.79 Å². The predicted molar refractivity (Wildman–Crippen MR) is 59.1 cm³/mol. The maximum atomic E-state index is 11.3. The van der Waals surface area contributed by atoms with E-state index in [4.69, 9.17) is 0 Å². The van der Waals surface area contributed by atoms with Gasteiger partial charge >= 0.3 is 0 Å². The lowest BCUT2D eigenvalue weighted by Gasteiger charge is -2.21. The number of ketones is 1. The Bertz CT molecular complexity index is 362. The summed E-state index contributed by atoms with van der Waals surface area (Å²) in [5.41, 5.74) is 1.65. The average molecular weight is 206 g/mol. The summed E-state index contributed by atoms with van der Waals surface area (Å²) >= 11 is 0. The van der Waals surface area contributed by atoms with Gasteiger partial charge in [-0.15, -0.1) is 0 Å². The molecule has 0 radical (unpaired) electrons. The Balaban J connectivity index is 2.21. The van der Waals surface area contributed by atoms with Gasteiger partial charge in [0.05, 0.1) is 17.3 Å². The smallest absolute Gasteiger partial charge is 0.163 e. The van der Waals surface area contributed by atoms with E-state index < -0.39 is 0 Å². The standard InChI is InChI=1S/C12H18N2O/c1-9-12(10(2)15)8-14(13-9)11-6-4-3-5-7-11/h8,11H,3-7H2,1-2H3. The zero-order chi connectivity index (χ0) is 10.8. The molecule has 3 heteroatoms. The molecule has 0 atom stereocenters. The lowest BCUT2D eigenvalue weighted by molar-refractivity contribution is 0.101.